The zero-order chi connectivity index (χ0) is 14.9. The fraction of sp³-hybridized carbons (Fsp3) is 0.611. The fourth-order valence-corrected chi connectivity index (χ4v) is 2.61. The van der Waals surface area contributed by atoms with Gasteiger partial charge in [-0.3, -0.25) is 4.79 Å². The van der Waals surface area contributed by atoms with E-state index in [1.165, 1.54) is 18.4 Å². The molecule has 1 fully saturated rings. The van der Waals surface area contributed by atoms with Crippen molar-refractivity contribution in [3.63, 3.8) is 0 Å². The third-order valence-electron chi connectivity index (χ3n) is 4.04. The molecule has 1 unspecified atom stereocenters. The van der Waals surface area contributed by atoms with E-state index in [9.17, 15) is 4.79 Å². The van der Waals surface area contributed by atoms with Gasteiger partial charge in [-0.2, -0.15) is 0 Å². The Kier molecular flexibility index (Phi) is 9.17. The fourth-order valence-electron chi connectivity index (χ4n) is 2.61. The lowest BCUT2D eigenvalue weighted by atomic mass is 10.0. The predicted molar refractivity (Wildman–Crippen MR) is 94.4 cm³/mol. The van der Waals surface area contributed by atoms with Crippen molar-refractivity contribution < 1.29 is 4.79 Å². The Labute approximate surface area is 140 Å². The number of amides is 1. The largest absolute Gasteiger partial charge is 0.352 e. The number of aryl methyl sites for hydroxylation is 1. The second-order valence-electron chi connectivity index (χ2n) is 6.15. The van der Waals surface area contributed by atoms with E-state index < -0.39 is 0 Å². The third-order valence-corrected chi connectivity index (χ3v) is 4.04. The summed E-state index contributed by atoms with van der Waals surface area (Å²) in [5.41, 5.74) is 1.35. The average Bonchev–Trinajstić information content (AvgIpc) is 3.30. The number of carbonyl (C=O) groups excluding carboxylic acids is 1. The minimum Gasteiger partial charge on any atom is -0.352 e. The van der Waals surface area contributed by atoms with Crippen LogP contribution in [0.5, 0.6) is 0 Å². The number of nitrogens with one attached hydrogen (secondary N) is 2. The molecule has 0 radical (unpaired) electrons. The van der Waals surface area contributed by atoms with Crippen LogP contribution < -0.4 is 10.6 Å². The van der Waals surface area contributed by atoms with Crippen LogP contribution in [0.3, 0.4) is 0 Å². The first-order valence-electron chi connectivity index (χ1n) is 8.32. The number of rotatable bonds is 10. The Balaban J connectivity index is 0.00000242. The summed E-state index contributed by atoms with van der Waals surface area (Å²) < 4.78 is 0. The molecule has 22 heavy (non-hydrogen) atoms. The topological polar surface area (TPSA) is 41.1 Å². The minimum atomic E-state index is 0. The van der Waals surface area contributed by atoms with Crippen molar-refractivity contribution in [3.05, 3.63) is 35.9 Å². The first-order valence-corrected chi connectivity index (χ1v) is 8.32. The normalized spacial score (nSPS) is 15.0. The molecule has 0 spiro atoms. The number of hydrogen-bond donors (Lipinski definition) is 2. The van der Waals surface area contributed by atoms with E-state index in [1.54, 1.807) is 0 Å². The molecule has 0 bridgehead atoms. The van der Waals surface area contributed by atoms with E-state index in [-0.39, 0.29) is 18.3 Å². The van der Waals surface area contributed by atoms with Gasteiger partial charge in [-0.1, -0.05) is 43.7 Å². The van der Waals surface area contributed by atoms with Crippen molar-refractivity contribution in [2.75, 3.05) is 13.1 Å². The van der Waals surface area contributed by atoms with Crippen molar-refractivity contribution in [3.8, 4) is 0 Å². The zero-order valence-corrected chi connectivity index (χ0v) is 14.3. The molecule has 1 aliphatic rings. The average molecular weight is 325 g/mol. The summed E-state index contributed by atoms with van der Waals surface area (Å²) in [6, 6.07) is 10.8. The standard InChI is InChI=1S/C18H28N2O.ClH/c1-2-6-17(12-11-15-7-4-3-5-8-15)20-18(21)14-19-13-16-9-10-16;/h3-5,7-8,16-17,19H,2,6,9-14H2,1H3,(H,20,21);1H. The van der Waals surface area contributed by atoms with Crippen LogP contribution in [-0.4, -0.2) is 25.0 Å². The highest BCUT2D eigenvalue weighted by Crippen LogP contribution is 2.27. The molecule has 1 aliphatic carbocycles. The third kappa shape index (κ3) is 7.81. The van der Waals surface area contributed by atoms with Crippen molar-refractivity contribution in [1.29, 1.82) is 0 Å². The molecule has 1 aromatic carbocycles. The lowest BCUT2D eigenvalue weighted by Crippen LogP contribution is -2.41. The van der Waals surface area contributed by atoms with Gasteiger partial charge >= 0.3 is 0 Å². The Morgan fingerprint density at radius 2 is 1.95 bits per heavy atom. The van der Waals surface area contributed by atoms with Crippen LogP contribution in [0.2, 0.25) is 0 Å². The summed E-state index contributed by atoms with van der Waals surface area (Å²) in [6.45, 7) is 3.63. The molecule has 3 nitrogen and oxygen atoms in total. The maximum Gasteiger partial charge on any atom is 0.234 e. The van der Waals surface area contributed by atoms with Crippen LogP contribution in [0.4, 0.5) is 0 Å². The molecule has 0 aliphatic heterocycles. The van der Waals surface area contributed by atoms with E-state index in [4.69, 9.17) is 0 Å². The van der Waals surface area contributed by atoms with Gasteiger partial charge in [-0.05, 0) is 50.1 Å². The van der Waals surface area contributed by atoms with Gasteiger partial charge < -0.3 is 10.6 Å². The van der Waals surface area contributed by atoms with Crippen LogP contribution in [0.15, 0.2) is 30.3 Å². The molecular formula is C18H29ClN2O. The van der Waals surface area contributed by atoms with Gasteiger partial charge in [0.05, 0.1) is 6.54 Å². The maximum atomic E-state index is 12.0. The second-order valence-corrected chi connectivity index (χ2v) is 6.15. The molecule has 1 amide bonds. The molecular weight excluding hydrogens is 296 g/mol. The van der Waals surface area contributed by atoms with E-state index in [1.807, 2.05) is 6.07 Å². The van der Waals surface area contributed by atoms with Crippen molar-refractivity contribution in [2.24, 2.45) is 5.92 Å². The first kappa shape index (κ1) is 19.0. The Hall–Kier alpha value is -1.06. The van der Waals surface area contributed by atoms with Gasteiger partial charge in [-0.25, -0.2) is 0 Å². The molecule has 1 saturated carbocycles. The van der Waals surface area contributed by atoms with Crippen molar-refractivity contribution in [2.45, 2.75) is 51.5 Å². The molecule has 0 saturated heterocycles. The summed E-state index contributed by atoms with van der Waals surface area (Å²) in [5.74, 6) is 0.962. The zero-order valence-electron chi connectivity index (χ0n) is 13.5. The van der Waals surface area contributed by atoms with Crippen LogP contribution in [-0.2, 0) is 11.2 Å². The van der Waals surface area contributed by atoms with Gasteiger partial charge in [0, 0.05) is 6.04 Å². The molecule has 124 valence electrons. The van der Waals surface area contributed by atoms with Gasteiger partial charge in [-0.15, -0.1) is 12.4 Å². The highest BCUT2D eigenvalue weighted by Gasteiger charge is 2.20. The van der Waals surface area contributed by atoms with Gasteiger partial charge in [0.25, 0.3) is 0 Å². The van der Waals surface area contributed by atoms with E-state index in [0.29, 0.717) is 12.6 Å². The number of carbonyl (C=O) groups is 1. The smallest absolute Gasteiger partial charge is 0.234 e. The minimum absolute atomic E-state index is 0. The van der Waals surface area contributed by atoms with Crippen LogP contribution in [0.25, 0.3) is 0 Å². The Morgan fingerprint density at radius 3 is 2.59 bits per heavy atom. The highest BCUT2D eigenvalue weighted by atomic mass is 35.5. The van der Waals surface area contributed by atoms with E-state index >= 15 is 0 Å². The molecule has 2 rings (SSSR count). The molecule has 4 heteroatoms. The van der Waals surface area contributed by atoms with Crippen LogP contribution >= 0.6 is 12.4 Å². The summed E-state index contributed by atoms with van der Waals surface area (Å²) >= 11 is 0. The monoisotopic (exact) mass is 324 g/mol. The lowest BCUT2D eigenvalue weighted by Gasteiger charge is -2.18. The second kappa shape index (κ2) is 10.6. The van der Waals surface area contributed by atoms with Gasteiger partial charge in [0.1, 0.15) is 0 Å². The maximum absolute atomic E-state index is 12.0. The van der Waals surface area contributed by atoms with E-state index in [2.05, 4.69) is 41.8 Å². The Morgan fingerprint density at radius 1 is 1.23 bits per heavy atom. The van der Waals surface area contributed by atoms with Crippen LogP contribution in [0.1, 0.15) is 44.6 Å². The summed E-state index contributed by atoms with van der Waals surface area (Å²) in [4.78, 5) is 12.0. The van der Waals surface area contributed by atoms with Crippen molar-refractivity contribution >= 4 is 18.3 Å². The van der Waals surface area contributed by atoms with Crippen molar-refractivity contribution in [1.82, 2.24) is 10.6 Å². The van der Waals surface area contributed by atoms with E-state index in [0.717, 1.165) is 38.1 Å². The molecule has 0 aromatic heterocycles. The van der Waals surface area contributed by atoms with Crippen LogP contribution in [0, 0.1) is 5.92 Å². The number of halogens is 1. The van der Waals surface area contributed by atoms with Gasteiger partial charge in [0.15, 0.2) is 0 Å². The van der Waals surface area contributed by atoms with Gasteiger partial charge in [0.2, 0.25) is 5.91 Å². The number of benzene rings is 1. The molecule has 1 atom stereocenters. The molecule has 0 heterocycles. The quantitative estimate of drug-likeness (QED) is 0.693. The first-order chi connectivity index (χ1) is 10.3. The molecule has 2 N–H and O–H groups in total. The molecule has 1 aromatic rings. The lowest BCUT2D eigenvalue weighted by molar-refractivity contribution is -0.121. The predicted octanol–water partition coefficient (Wildman–Crippen LogP) is 3.33. The SMILES string of the molecule is CCCC(CCc1ccccc1)NC(=O)CNCC1CC1.Cl. The number of hydrogen-bond acceptors (Lipinski definition) is 2. The highest BCUT2D eigenvalue weighted by molar-refractivity contribution is 5.85. The summed E-state index contributed by atoms with van der Waals surface area (Å²) in [5, 5.41) is 6.44. The Bertz CT molecular complexity index is 420. The summed E-state index contributed by atoms with van der Waals surface area (Å²) in [7, 11) is 0. The summed E-state index contributed by atoms with van der Waals surface area (Å²) in [6.07, 6.45) is 6.86.